The minimum atomic E-state index is 0.166. The number of furan rings is 1. The van der Waals surface area contributed by atoms with E-state index in [2.05, 4.69) is 0 Å². The monoisotopic (exact) mass is 181 g/mol. The Labute approximate surface area is 78.3 Å². The molecule has 0 radical (unpaired) electrons. The highest BCUT2D eigenvalue weighted by atomic mass is 16.3. The van der Waals surface area contributed by atoms with E-state index in [1.165, 1.54) is 0 Å². The van der Waals surface area contributed by atoms with Gasteiger partial charge in [0.2, 0.25) is 5.91 Å². The van der Waals surface area contributed by atoms with Crippen molar-refractivity contribution in [1.29, 1.82) is 0 Å². The van der Waals surface area contributed by atoms with E-state index in [-0.39, 0.29) is 5.91 Å². The summed E-state index contributed by atoms with van der Waals surface area (Å²) >= 11 is 0. The van der Waals surface area contributed by atoms with E-state index in [0.29, 0.717) is 13.0 Å². The van der Waals surface area contributed by atoms with Gasteiger partial charge in [0.05, 0.1) is 12.8 Å². The smallest absolute Gasteiger partial charge is 0.222 e. The predicted octanol–water partition coefficient (Wildman–Crippen LogP) is 2.04. The lowest BCUT2D eigenvalue weighted by Crippen LogP contribution is -2.29. The molecule has 3 heteroatoms. The first-order chi connectivity index (χ1) is 6.27. The van der Waals surface area contributed by atoms with Gasteiger partial charge < -0.3 is 9.32 Å². The maximum absolute atomic E-state index is 11.4. The molecule has 0 fully saturated rings. The van der Waals surface area contributed by atoms with Crippen molar-refractivity contribution in [3.63, 3.8) is 0 Å². The summed E-state index contributed by atoms with van der Waals surface area (Å²) in [5.41, 5.74) is 0. The zero-order valence-corrected chi connectivity index (χ0v) is 8.12. The predicted molar refractivity (Wildman–Crippen MR) is 50.1 cm³/mol. The van der Waals surface area contributed by atoms with Gasteiger partial charge in [-0.2, -0.15) is 0 Å². The third-order valence-electron chi connectivity index (χ3n) is 1.96. The number of carbonyl (C=O) groups is 1. The third kappa shape index (κ3) is 2.61. The van der Waals surface area contributed by atoms with Crippen molar-refractivity contribution in [2.45, 2.75) is 26.8 Å². The fourth-order valence-corrected chi connectivity index (χ4v) is 1.19. The Morgan fingerprint density at radius 1 is 1.54 bits per heavy atom. The topological polar surface area (TPSA) is 33.5 Å². The summed E-state index contributed by atoms with van der Waals surface area (Å²) in [7, 11) is 0. The molecule has 0 spiro atoms. The number of rotatable bonds is 4. The standard InChI is InChI=1S/C10H15NO2/c1-3-10(12)11(4-2)8-9-6-5-7-13-9/h5-7H,3-4,8H2,1-2H3. The van der Waals surface area contributed by atoms with Crippen LogP contribution in [0.1, 0.15) is 26.0 Å². The molecule has 1 amide bonds. The molecule has 0 N–H and O–H groups in total. The molecule has 1 heterocycles. The molecule has 0 atom stereocenters. The molecule has 0 aliphatic carbocycles. The average Bonchev–Trinajstić information content (AvgIpc) is 2.65. The minimum absolute atomic E-state index is 0.166. The van der Waals surface area contributed by atoms with Gasteiger partial charge in [0.15, 0.2) is 0 Å². The van der Waals surface area contributed by atoms with Gasteiger partial charge in [0, 0.05) is 13.0 Å². The van der Waals surface area contributed by atoms with Gasteiger partial charge in [0.25, 0.3) is 0 Å². The summed E-state index contributed by atoms with van der Waals surface area (Å²) in [4.78, 5) is 13.1. The average molecular weight is 181 g/mol. The van der Waals surface area contributed by atoms with Gasteiger partial charge >= 0.3 is 0 Å². The lowest BCUT2D eigenvalue weighted by atomic mass is 10.3. The molecule has 0 aromatic carbocycles. The van der Waals surface area contributed by atoms with Crippen molar-refractivity contribution in [2.75, 3.05) is 6.54 Å². The molecule has 0 unspecified atom stereocenters. The summed E-state index contributed by atoms with van der Waals surface area (Å²) in [5, 5.41) is 0. The van der Waals surface area contributed by atoms with Crippen LogP contribution in [0.4, 0.5) is 0 Å². The summed E-state index contributed by atoms with van der Waals surface area (Å²) in [6, 6.07) is 3.71. The van der Waals surface area contributed by atoms with Crippen molar-refractivity contribution >= 4 is 5.91 Å². The quantitative estimate of drug-likeness (QED) is 0.712. The van der Waals surface area contributed by atoms with E-state index in [9.17, 15) is 4.79 Å². The van der Waals surface area contributed by atoms with E-state index in [1.807, 2.05) is 26.0 Å². The highest BCUT2D eigenvalue weighted by Crippen LogP contribution is 2.06. The van der Waals surface area contributed by atoms with Crippen molar-refractivity contribution in [3.8, 4) is 0 Å². The van der Waals surface area contributed by atoms with Gasteiger partial charge in [-0.3, -0.25) is 4.79 Å². The van der Waals surface area contributed by atoms with E-state index in [0.717, 1.165) is 12.3 Å². The summed E-state index contributed by atoms with van der Waals surface area (Å²) < 4.78 is 5.17. The van der Waals surface area contributed by atoms with Crippen LogP contribution in [0.2, 0.25) is 0 Å². The van der Waals surface area contributed by atoms with Crippen LogP contribution in [-0.2, 0) is 11.3 Å². The maximum atomic E-state index is 11.4. The van der Waals surface area contributed by atoms with Crippen LogP contribution in [0.15, 0.2) is 22.8 Å². The zero-order chi connectivity index (χ0) is 9.68. The second-order valence-electron chi connectivity index (χ2n) is 2.84. The molecule has 72 valence electrons. The van der Waals surface area contributed by atoms with Gasteiger partial charge in [-0.25, -0.2) is 0 Å². The lowest BCUT2D eigenvalue weighted by molar-refractivity contribution is -0.131. The fraction of sp³-hybridized carbons (Fsp3) is 0.500. The van der Waals surface area contributed by atoms with Crippen LogP contribution in [0.5, 0.6) is 0 Å². The van der Waals surface area contributed by atoms with E-state index in [1.54, 1.807) is 11.2 Å². The minimum Gasteiger partial charge on any atom is -0.467 e. The Morgan fingerprint density at radius 3 is 2.77 bits per heavy atom. The Morgan fingerprint density at radius 2 is 2.31 bits per heavy atom. The fourth-order valence-electron chi connectivity index (χ4n) is 1.19. The summed E-state index contributed by atoms with van der Waals surface area (Å²) in [6.07, 6.45) is 2.17. The summed E-state index contributed by atoms with van der Waals surface area (Å²) in [6.45, 7) is 5.15. The normalized spacial score (nSPS) is 10.0. The Kier molecular flexibility index (Phi) is 3.55. The third-order valence-corrected chi connectivity index (χ3v) is 1.96. The molecule has 0 aliphatic rings. The van der Waals surface area contributed by atoms with Crippen LogP contribution in [0.3, 0.4) is 0 Å². The number of amides is 1. The van der Waals surface area contributed by atoms with Crippen molar-refractivity contribution in [3.05, 3.63) is 24.2 Å². The Balaban J connectivity index is 2.54. The van der Waals surface area contributed by atoms with Crippen LogP contribution in [0, 0.1) is 0 Å². The highest BCUT2D eigenvalue weighted by molar-refractivity contribution is 5.75. The molecule has 1 aromatic rings. The zero-order valence-electron chi connectivity index (χ0n) is 8.12. The van der Waals surface area contributed by atoms with E-state index in [4.69, 9.17) is 4.42 Å². The molecule has 1 rings (SSSR count). The molecule has 3 nitrogen and oxygen atoms in total. The molecular weight excluding hydrogens is 166 g/mol. The Hall–Kier alpha value is -1.25. The first-order valence-corrected chi connectivity index (χ1v) is 4.58. The van der Waals surface area contributed by atoms with Gasteiger partial charge in [0.1, 0.15) is 5.76 Å². The number of hydrogen-bond donors (Lipinski definition) is 0. The second-order valence-corrected chi connectivity index (χ2v) is 2.84. The van der Waals surface area contributed by atoms with Crippen molar-refractivity contribution < 1.29 is 9.21 Å². The second kappa shape index (κ2) is 4.70. The van der Waals surface area contributed by atoms with Crippen molar-refractivity contribution in [2.24, 2.45) is 0 Å². The number of carbonyl (C=O) groups excluding carboxylic acids is 1. The largest absolute Gasteiger partial charge is 0.467 e. The SMILES string of the molecule is CCC(=O)N(CC)Cc1ccco1. The van der Waals surface area contributed by atoms with Crippen molar-refractivity contribution in [1.82, 2.24) is 4.90 Å². The van der Waals surface area contributed by atoms with Gasteiger partial charge in [-0.1, -0.05) is 6.92 Å². The van der Waals surface area contributed by atoms with Gasteiger partial charge in [-0.15, -0.1) is 0 Å². The van der Waals surface area contributed by atoms with E-state index >= 15 is 0 Å². The molecule has 13 heavy (non-hydrogen) atoms. The van der Waals surface area contributed by atoms with Crippen LogP contribution < -0.4 is 0 Å². The summed E-state index contributed by atoms with van der Waals surface area (Å²) in [5.74, 6) is 1.00. The number of hydrogen-bond acceptors (Lipinski definition) is 2. The molecule has 0 bridgehead atoms. The Bertz CT molecular complexity index is 254. The van der Waals surface area contributed by atoms with Crippen LogP contribution in [0.25, 0.3) is 0 Å². The number of nitrogens with zero attached hydrogens (tertiary/aromatic N) is 1. The molecule has 0 saturated heterocycles. The molecule has 0 saturated carbocycles. The van der Waals surface area contributed by atoms with E-state index < -0.39 is 0 Å². The van der Waals surface area contributed by atoms with Crippen LogP contribution >= 0.6 is 0 Å². The van der Waals surface area contributed by atoms with Crippen LogP contribution in [-0.4, -0.2) is 17.4 Å². The first kappa shape index (κ1) is 9.84. The van der Waals surface area contributed by atoms with Gasteiger partial charge in [-0.05, 0) is 19.1 Å². The highest BCUT2D eigenvalue weighted by Gasteiger charge is 2.10. The maximum Gasteiger partial charge on any atom is 0.222 e. The molecule has 0 aliphatic heterocycles. The molecular formula is C10H15NO2. The first-order valence-electron chi connectivity index (χ1n) is 4.58. The lowest BCUT2D eigenvalue weighted by Gasteiger charge is -2.18. The molecule has 1 aromatic heterocycles.